The number of H-pyrrole nitrogens is 2. The fourth-order valence-corrected chi connectivity index (χ4v) is 9.74. The van der Waals surface area contributed by atoms with E-state index in [-0.39, 0.29) is 53.8 Å². The van der Waals surface area contributed by atoms with Gasteiger partial charge in [0.25, 0.3) is 17.0 Å². The number of hydrogen-bond donors (Lipinski definition) is 5. The van der Waals surface area contributed by atoms with Crippen molar-refractivity contribution in [1.29, 1.82) is 0 Å². The van der Waals surface area contributed by atoms with Crippen LogP contribution in [0.3, 0.4) is 0 Å². The highest BCUT2D eigenvalue weighted by atomic mass is 19.1. The normalized spacial score (nSPS) is 12.0. The lowest BCUT2D eigenvalue weighted by Crippen LogP contribution is -2.39. The highest BCUT2D eigenvalue weighted by Crippen LogP contribution is 2.24. The first-order valence-electron chi connectivity index (χ1n) is 28.7. The Kier molecular flexibility index (Phi) is 21.4. The van der Waals surface area contributed by atoms with Gasteiger partial charge in [-0.1, -0.05) is 48.5 Å². The Labute approximate surface area is 520 Å². The molecule has 0 unspecified atom stereocenters. The Balaban J connectivity index is 0.000000149. The topological polar surface area (TPSA) is 358 Å². The third-order valence-corrected chi connectivity index (χ3v) is 14.1. The molecule has 0 bridgehead atoms. The summed E-state index contributed by atoms with van der Waals surface area (Å²) in [6.45, 7) is 9.47. The number of carboxylic acid groups (broad SMARTS) is 1. The number of carbonyl (C=O) groups is 5. The molecule has 13 rings (SSSR count). The van der Waals surface area contributed by atoms with Crippen molar-refractivity contribution in [2.24, 2.45) is 0 Å². The van der Waals surface area contributed by atoms with Crippen molar-refractivity contribution in [3.8, 4) is 0 Å². The number of carboxylic acids is 1. The van der Waals surface area contributed by atoms with E-state index < -0.39 is 29.5 Å². The molecule has 6 N–H and O–H groups in total. The van der Waals surface area contributed by atoms with Crippen molar-refractivity contribution in [1.82, 2.24) is 74.1 Å². The summed E-state index contributed by atoms with van der Waals surface area (Å²) in [4.78, 5) is 108. The maximum Gasteiger partial charge on any atom is 0.356 e. The van der Waals surface area contributed by atoms with Gasteiger partial charge in [-0.25, -0.2) is 58.1 Å². The number of benzene rings is 4. The number of nitrogens with one attached hydrogen (secondary N) is 3. The first-order valence-corrected chi connectivity index (χ1v) is 28.7. The average Bonchev–Trinajstić information content (AvgIpc) is 1.23. The lowest BCUT2D eigenvalue weighted by atomic mass is 10.0. The standard InChI is InChI=1S/C25H22FN5O4.C16H11FN2O3.C9H13N3O2.C9H9N3O2.C4H5N3/c1-2-35-25(34)21-13-27-22-14-30(9-10-31(21)22)24(33)18-11-15(7-8-19(18)26)12-20-16-5-3-4-6-17(16)23(32)29-28-20;17-13-6-5-9(7-12(13)16(21)22)8-14-10-3-1-2-4-11(10)15(20)19-18-14;2*1-2-14-9(13)7-5-11-8-6-10-3-4-12(7)8;5-4-3-6-1-2-7-4/h3-8,11,13H,2,9-10,12,14H2,1H3,(H,29,32);1-7H,8H2,(H,19,20)(H,21,22);5,10H,2-4,6H2,1H3;3-6H,2H2,1H3;1-3H,(H2,5,7). The van der Waals surface area contributed by atoms with E-state index in [0.717, 1.165) is 31.5 Å². The van der Waals surface area contributed by atoms with Gasteiger partial charge in [0.05, 0.1) is 97.2 Å². The van der Waals surface area contributed by atoms with Gasteiger partial charge in [0.1, 0.15) is 40.5 Å². The van der Waals surface area contributed by atoms with E-state index in [1.165, 1.54) is 47.8 Å². The molecule has 0 radical (unpaired) electrons. The molecule has 4 aromatic carbocycles. The number of aromatic amines is 2. The summed E-state index contributed by atoms with van der Waals surface area (Å²) in [6.07, 6.45) is 14.6. The second-order valence-electron chi connectivity index (χ2n) is 19.9. The first-order chi connectivity index (χ1) is 44.6. The molecule has 0 spiro atoms. The summed E-state index contributed by atoms with van der Waals surface area (Å²) in [5.74, 6) is -2.41. The van der Waals surface area contributed by atoms with Crippen molar-refractivity contribution in [2.75, 3.05) is 38.6 Å². The summed E-state index contributed by atoms with van der Waals surface area (Å²) in [7, 11) is 0. The van der Waals surface area contributed by atoms with Crippen molar-refractivity contribution in [3.63, 3.8) is 0 Å². The SMILES string of the molecule is CCOC(=O)c1cnc2cnccn12.CCOC(=O)c1cnc2n1CCN(C(=O)c1cc(Cc3n[nH]c(=O)c4ccccc34)ccc1F)C2.CCOC(=O)c1cnc2n1CCNC2.Nc1cnccn1.O=C(O)c1cc(Cc2n[nH]c(=O)c3ccccc23)ccc1F. The van der Waals surface area contributed by atoms with E-state index in [9.17, 15) is 42.3 Å². The van der Waals surface area contributed by atoms with Gasteiger partial charge in [0.15, 0.2) is 11.3 Å². The number of amides is 1. The summed E-state index contributed by atoms with van der Waals surface area (Å²) in [5.41, 5.74) is 8.63. The zero-order valence-corrected chi connectivity index (χ0v) is 49.8. The lowest BCUT2D eigenvalue weighted by Gasteiger charge is -2.28. The van der Waals surface area contributed by atoms with Crippen LogP contribution < -0.4 is 22.2 Å². The van der Waals surface area contributed by atoms with Crippen LogP contribution in [0.25, 0.3) is 27.2 Å². The fraction of sp³-hybridized carbons (Fsp3) is 0.222. The Morgan fingerprint density at radius 3 is 1.65 bits per heavy atom. The molecule has 9 heterocycles. The summed E-state index contributed by atoms with van der Waals surface area (Å²) in [6, 6.07) is 22.4. The molecule has 2 aliphatic rings. The summed E-state index contributed by atoms with van der Waals surface area (Å²) in [5, 5.41) is 27.7. The minimum atomic E-state index is -1.32. The van der Waals surface area contributed by atoms with Gasteiger partial charge in [-0.2, -0.15) is 10.2 Å². The van der Waals surface area contributed by atoms with E-state index in [0.29, 0.717) is 111 Å². The second-order valence-corrected chi connectivity index (χ2v) is 19.9. The van der Waals surface area contributed by atoms with Crippen LogP contribution in [0.15, 0.2) is 150 Å². The van der Waals surface area contributed by atoms with Crippen LogP contribution in [-0.2, 0) is 53.2 Å². The number of ether oxygens (including phenoxy) is 3. The highest BCUT2D eigenvalue weighted by Gasteiger charge is 2.29. The number of esters is 3. The monoisotopic (exact) mass is 1250 g/mol. The van der Waals surface area contributed by atoms with Gasteiger partial charge in [0, 0.05) is 74.6 Å². The lowest BCUT2D eigenvalue weighted by molar-refractivity contribution is 0.0500. The molecule has 11 aromatic rings. The Bertz CT molecular complexity index is 4590. The molecule has 0 saturated carbocycles. The number of aromatic carboxylic acids is 1. The molecule has 2 aliphatic heterocycles. The molecule has 0 aliphatic carbocycles. The van der Waals surface area contributed by atoms with E-state index >= 15 is 0 Å². The number of aromatic nitrogens is 13. The highest BCUT2D eigenvalue weighted by molar-refractivity contribution is 5.95. The zero-order chi connectivity index (χ0) is 65.3. The largest absolute Gasteiger partial charge is 0.478 e. The molecule has 0 atom stereocenters. The van der Waals surface area contributed by atoms with Crippen LogP contribution in [0.1, 0.15) is 107 Å². The minimum Gasteiger partial charge on any atom is -0.478 e. The van der Waals surface area contributed by atoms with Crippen LogP contribution in [0.2, 0.25) is 0 Å². The molecule has 0 fully saturated rings. The quantitative estimate of drug-likeness (QED) is 0.0675. The predicted octanol–water partition coefficient (Wildman–Crippen LogP) is 6.16. The van der Waals surface area contributed by atoms with Gasteiger partial charge < -0.3 is 44.4 Å². The zero-order valence-electron chi connectivity index (χ0n) is 49.8. The number of carbonyl (C=O) groups excluding carboxylic acids is 4. The minimum absolute atomic E-state index is 0.0538. The second kappa shape index (κ2) is 30.4. The number of hydrogen-bond acceptors (Lipinski definition) is 20. The Morgan fingerprint density at radius 2 is 1.11 bits per heavy atom. The summed E-state index contributed by atoms with van der Waals surface area (Å²) >= 11 is 0. The molecule has 1 amide bonds. The maximum absolute atomic E-state index is 14.7. The van der Waals surface area contributed by atoms with Crippen molar-refractivity contribution in [2.45, 2.75) is 59.8 Å². The predicted molar refractivity (Wildman–Crippen MR) is 328 cm³/mol. The molecule has 92 heavy (non-hydrogen) atoms. The number of halogens is 2. The van der Waals surface area contributed by atoms with Gasteiger partial charge in [-0.3, -0.25) is 28.8 Å². The molecule has 472 valence electrons. The molecular formula is C63H60F2N16O11. The number of rotatable bonds is 12. The average molecular weight is 1260 g/mol. The van der Waals surface area contributed by atoms with Gasteiger partial charge in [0.2, 0.25) is 0 Å². The number of fused-ring (bicyclic) bond motifs is 5. The Morgan fingerprint density at radius 1 is 0.587 bits per heavy atom. The first kappa shape index (κ1) is 64.7. The molecule has 29 heteroatoms. The molecular weight excluding hydrogens is 1190 g/mol. The third-order valence-electron chi connectivity index (χ3n) is 14.1. The Hall–Kier alpha value is -11.8. The van der Waals surface area contributed by atoms with Crippen molar-refractivity contribution < 1.29 is 52.1 Å². The van der Waals surface area contributed by atoms with Crippen LogP contribution in [-0.4, -0.2) is 137 Å². The van der Waals surface area contributed by atoms with Crippen LogP contribution in [0.5, 0.6) is 0 Å². The van der Waals surface area contributed by atoms with Crippen molar-refractivity contribution >= 4 is 62.8 Å². The number of nitrogens with zero attached hydrogens (tertiary/aromatic N) is 12. The van der Waals surface area contributed by atoms with Crippen LogP contribution in [0, 0.1) is 11.6 Å². The molecule has 27 nitrogen and oxygen atoms in total. The van der Waals surface area contributed by atoms with Crippen LogP contribution >= 0.6 is 0 Å². The molecule has 0 saturated heterocycles. The number of imidazole rings is 3. The molecule has 7 aromatic heterocycles. The van der Waals surface area contributed by atoms with Crippen LogP contribution in [0.4, 0.5) is 14.6 Å². The number of nitrogens with two attached hydrogens (primary N) is 1. The third kappa shape index (κ3) is 15.6. The maximum atomic E-state index is 14.7. The van der Waals surface area contributed by atoms with Gasteiger partial charge in [-0.05, 0) is 68.3 Å². The number of nitrogen functional groups attached to an aromatic ring is 1. The van der Waals surface area contributed by atoms with Gasteiger partial charge >= 0.3 is 23.9 Å². The smallest absolute Gasteiger partial charge is 0.356 e. The van der Waals surface area contributed by atoms with E-state index in [1.807, 2.05) is 16.7 Å². The van der Waals surface area contributed by atoms with Gasteiger partial charge in [-0.15, -0.1) is 0 Å². The van der Waals surface area contributed by atoms with E-state index in [1.54, 1.807) is 109 Å². The fourth-order valence-electron chi connectivity index (χ4n) is 9.74. The number of anilines is 1. The van der Waals surface area contributed by atoms with E-state index in [2.05, 4.69) is 55.6 Å². The summed E-state index contributed by atoms with van der Waals surface area (Å²) < 4.78 is 48.3. The van der Waals surface area contributed by atoms with Crippen molar-refractivity contribution in [3.05, 3.63) is 235 Å². The van der Waals surface area contributed by atoms with E-state index in [4.69, 9.17) is 25.1 Å².